The molecule has 66 valence electrons. The zero-order valence-corrected chi connectivity index (χ0v) is 9.94. The summed E-state index contributed by atoms with van der Waals surface area (Å²) in [5.74, 6) is 0. The molecule has 1 N–H and O–H groups in total. The molecule has 0 aromatic carbocycles. The van der Waals surface area contributed by atoms with Gasteiger partial charge in [-0.15, -0.1) is 0 Å². The number of rotatable bonds is 2. The van der Waals surface area contributed by atoms with Gasteiger partial charge in [0.2, 0.25) is 3.79 Å². The monoisotopic (exact) mass is 269 g/mol. The van der Waals surface area contributed by atoms with Gasteiger partial charge in [0, 0.05) is 28.1 Å². The fourth-order valence-electron chi connectivity index (χ4n) is 0.987. The quantitative estimate of drug-likeness (QED) is 0.614. The van der Waals surface area contributed by atoms with Crippen molar-refractivity contribution >= 4 is 26.4 Å². The van der Waals surface area contributed by atoms with Crippen molar-refractivity contribution in [3.63, 3.8) is 0 Å². The number of hydrogen-bond acceptors (Lipinski definition) is 2. The highest BCUT2D eigenvalue weighted by Crippen LogP contribution is 2.14. The third-order valence-electron chi connectivity index (χ3n) is 1.18. The molecule has 0 aromatic heterocycles. The largest absolute Gasteiger partial charge is 0.300 e. The molecule has 0 unspecified atom stereocenters. The van der Waals surface area contributed by atoms with Crippen LogP contribution in [0.25, 0.3) is 0 Å². The van der Waals surface area contributed by atoms with Crippen LogP contribution >= 0.6 is 22.6 Å². The molecular formula is C8H16INO. The van der Waals surface area contributed by atoms with E-state index < -0.39 is 5.54 Å². The van der Waals surface area contributed by atoms with Crippen LogP contribution in [0.5, 0.6) is 0 Å². The summed E-state index contributed by atoms with van der Waals surface area (Å²) in [6.07, 6.45) is 0. The van der Waals surface area contributed by atoms with Gasteiger partial charge in [-0.05, 0) is 34.6 Å². The first-order valence-corrected chi connectivity index (χ1v) is 4.72. The molecule has 0 atom stereocenters. The van der Waals surface area contributed by atoms with Gasteiger partial charge in [0.05, 0.1) is 5.54 Å². The van der Waals surface area contributed by atoms with Gasteiger partial charge in [-0.2, -0.15) is 0 Å². The topological polar surface area (TPSA) is 29.1 Å². The standard InChI is InChI=1S/C8H16INO/c1-7(2,3)10-8(4,5)6(9)11/h10H,1-5H3. The van der Waals surface area contributed by atoms with Crippen molar-refractivity contribution in [2.75, 3.05) is 0 Å². The maximum Gasteiger partial charge on any atom is 0.211 e. The second kappa shape index (κ2) is 3.39. The smallest absolute Gasteiger partial charge is 0.211 e. The van der Waals surface area contributed by atoms with Gasteiger partial charge in [0.25, 0.3) is 0 Å². The minimum atomic E-state index is -0.418. The molecule has 0 heterocycles. The Bertz CT molecular complexity index is 158. The lowest BCUT2D eigenvalue weighted by molar-refractivity contribution is -0.114. The number of carbonyl (C=O) groups is 1. The third-order valence-corrected chi connectivity index (χ3v) is 2.53. The van der Waals surface area contributed by atoms with Crippen LogP contribution in [-0.4, -0.2) is 14.9 Å². The van der Waals surface area contributed by atoms with E-state index in [1.807, 2.05) is 57.2 Å². The van der Waals surface area contributed by atoms with Crippen molar-refractivity contribution in [1.82, 2.24) is 5.32 Å². The van der Waals surface area contributed by atoms with Gasteiger partial charge in [-0.1, -0.05) is 0 Å². The van der Waals surface area contributed by atoms with Crippen LogP contribution in [0.2, 0.25) is 0 Å². The van der Waals surface area contributed by atoms with E-state index in [0.717, 1.165) is 0 Å². The van der Waals surface area contributed by atoms with Gasteiger partial charge in [-0.3, -0.25) is 10.1 Å². The lowest BCUT2D eigenvalue weighted by atomic mass is 10.0. The maximum absolute atomic E-state index is 11.1. The lowest BCUT2D eigenvalue weighted by Crippen LogP contribution is -2.53. The van der Waals surface area contributed by atoms with E-state index in [9.17, 15) is 4.79 Å². The van der Waals surface area contributed by atoms with Crippen LogP contribution in [0.15, 0.2) is 0 Å². The summed E-state index contributed by atoms with van der Waals surface area (Å²) in [5, 5.41) is 3.24. The molecule has 11 heavy (non-hydrogen) atoms. The first kappa shape index (κ1) is 11.4. The van der Waals surface area contributed by atoms with Crippen LogP contribution in [0.1, 0.15) is 34.6 Å². The predicted molar refractivity (Wildman–Crippen MR) is 56.0 cm³/mol. The molecule has 0 fully saturated rings. The Hall–Kier alpha value is 0.360. The Morgan fingerprint density at radius 2 is 1.55 bits per heavy atom. The minimum absolute atomic E-state index is 0.00959. The second-order valence-corrected chi connectivity index (χ2v) is 5.25. The van der Waals surface area contributed by atoms with E-state index in [2.05, 4.69) is 5.32 Å². The molecule has 0 bridgehead atoms. The predicted octanol–water partition coefficient (Wildman–Crippen LogP) is 2.11. The molecule has 0 saturated heterocycles. The fraction of sp³-hybridized carbons (Fsp3) is 0.875. The molecule has 3 heteroatoms. The van der Waals surface area contributed by atoms with Crippen LogP contribution in [0.3, 0.4) is 0 Å². The van der Waals surface area contributed by atoms with E-state index in [-0.39, 0.29) is 9.33 Å². The molecular weight excluding hydrogens is 253 g/mol. The normalized spacial score (nSPS) is 13.3. The molecule has 0 aliphatic carbocycles. The summed E-state index contributed by atoms with van der Waals surface area (Å²) in [6, 6.07) is 0. The van der Waals surface area contributed by atoms with Gasteiger partial charge in [0.15, 0.2) is 0 Å². The number of nitrogens with one attached hydrogen (secondary N) is 1. The van der Waals surface area contributed by atoms with Crippen molar-refractivity contribution < 1.29 is 4.79 Å². The van der Waals surface area contributed by atoms with Gasteiger partial charge in [-0.25, -0.2) is 0 Å². The molecule has 0 saturated carbocycles. The van der Waals surface area contributed by atoms with Crippen LogP contribution < -0.4 is 5.32 Å². The first-order chi connectivity index (χ1) is 4.65. The second-order valence-electron chi connectivity index (χ2n) is 4.27. The third kappa shape index (κ3) is 4.74. The number of carbonyl (C=O) groups excluding carboxylic acids is 1. The van der Waals surface area contributed by atoms with Crippen LogP contribution in [0.4, 0.5) is 0 Å². The minimum Gasteiger partial charge on any atom is -0.300 e. The van der Waals surface area contributed by atoms with Gasteiger partial charge in [0.1, 0.15) is 0 Å². The van der Waals surface area contributed by atoms with Crippen molar-refractivity contribution in [2.45, 2.75) is 45.7 Å². The van der Waals surface area contributed by atoms with Crippen molar-refractivity contribution in [2.24, 2.45) is 0 Å². The van der Waals surface area contributed by atoms with Crippen molar-refractivity contribution in [3.05, 3.63) is 0 Å². The van der Waals surface area contributed by atoms with Crippen LogP contribution in [-0.2, 0) is 4.79 Å². The fourth-order valence-corrected chi connectivity index (χ4v) is 1.12. The summed E-state index contributed by atoms with van der Waals surface area (Å²) >= 11 is 1.82. The van der Waals surface area contributed by atoms with Crippen molar-refractivity contribution in [1.29, 1.82) is 0 Å². The van der Waals surface area contributed by atoms with E-state index >= 15 is 0 Å². The number of halogens is 1. The van der Waals surface area contributed by atoms with E-state index in [0.29, 0.717) is 0 Å². The Balaban J connectivity index is 4.25. The van der Waals surface area contributed by atoms with Gasteiger partial charge >= 0.3 is 0 Å². The van der Waals surface area contributed by atoms with E-state index in [1.54, 1.807) is 0 Å². The zero-order valence-electron chi connectivity index (χ0n) is 7.79. The summed E-state index contributed by atoms with van der Waals surface area (Å²) in [5.41, 5.74) is -0.427. The molecule has 0 radical (unpaired) electrons. The molecule has 0 spiro atoms. The highest BCUT2D eigenvalue weighted by Gasteiger charge is 2.29. The molecule has 0 aliphatic rings. The summed E-state index contributed by atoms with van der Waals surface area (Å²) in [7, 11) is 0. The summed E-state index contributed by atoms with van der Waals surface area (Å²) in [4.78, 5) is 11.1. The Morgan fingerprint density at radius 1 is 1.18 bits per heavy atom. The molecule has 0 amide bonds. The maximum atomic E-state index is 11.1. The number of hydrogen-bond donors (Lipinski definition) is 1. The Labute approximate surface area is 82.3 Å². The molecule has 2 nitrogen and oxygen atoms in total. The summed E-state index contributed by atoms with van der Waals surface area (Å²) in [6.45, 7) is 9.94. The summed E-state index contributed by atoms with van der Waals surface area (Å²) < 4.78 is 0.144. The van der Waals surface area contributed by atoms with Crippen molar-refractivity contribution in [3.8, 4) is 0 Å². The first-order valence-electron chi connectivity index (χ1n) is 3.64. The Morgan fingerprint density at radius 3 is 1.64 bits per heavy atom. The highest BCUT2D eigenvalue weighted by atomic mass is 127. The average Bonchev–Trinajstić information content (AvgIpc) is 1.56. The highest BCUT2D eigenvalue weighted by molar-refractivity contribution is 14.1. The van der Waals surface area contributed by atoms with E-state index in [4.69, 9.17) is 0 Å². The Kier molecular flexibility index (Phi) is 3.50. The average molecular weight is 269 g/mol. The zero-order chi connectivity index (χ0) is 9.28. The van der Waals surface area contributed by atoms with Gasteiger partial charge < -0.3 is 0 Å². The SMILES string of the molecule is CC(C)(C)NC(C)(C)C(=O)I. The van der Waals surface area contributed by atoms with Crippen LogP contribution in [0, 0.1) is 0 Å². The van der Waals surface area contributed by atoms with E-state index in [1.165, 1.54) is 0 Å². The molecule has 0 rings (SSSR count). The molecule has 0 aromatic rings. The lowest BCUT2D eigenvalue weighted by Gasteiger charge is -2.31. The molecule has 0 aliphatic heterocycles.